The summed E-state index contributed by atoms with van der Waals surface area (Å²) in [5, 5.41) is 3.48. The topological polar surface area (TPSA) is 105 Å². The first kappa shape index (κ1) is 30.5. The van der Waals surface area contributed by atoms with Crippen LogP contribution in [0, 0.1) is 0 Å². The molecule has 5 N–H and O–H groups in total. The minimum absolute atomic E-state index is 0.196. The predicted molar refractivity (Wildman–Crippen MR) is 152 cm³/mol. The Labute approximate surface area is 223 Å². The van der Waals surface area contributed by atoms with Gasteiger partial charge in [0.1, 0.15) is 0 Å². The van der Waals surface area contributed by atoms with Crippen LogP contribution in [-0.4, -0.2) is 74.0 Å². The predicted octanol–water partition coefficient (Wildman–Crippen LogP) is 2.98. The minimum Gasteiger partial charge on any atom is -0.343 e. The Morgan fingerprint density at radius 1 is 0.595 bits per heavy atom. The molecule has 204 valence electrons. The van der Waals surface area contributed by atoms with Crippen LogP contribution in [0.15, 0.2) is 60.7 Å². The minimum atomic E-state index is 0.196. The Hall–Kier alpha value is -2.74. The Morgan fingerprint density at radius 3 is 1.35 bits per heavy atom. The van der Waals surface area contributed by atoms with E-state index in [2.05, 4.69) is 29.6 Å². The van der Waals surface area contributed by atoms with E-state index in [0.717, 1.165) is 64.7 Å². The number of benzene rings is 2. The second-order valence-electron chi connectivity index (χ2n) is 9.47. The van der Waals surface area contributed by atoms with E-state index in [1.165, 1.54) is 11.1 Å². The van der Waals surface area contributed by atoms with Crippen LogP contribution < -0.4 is 16.8 Å². The molecule has 7 nitrogen and oxygen atoms in total. The van der Waals surface area contributed by atoms with Crippen molar-refractivity contribution in [2.75, 3.05) is 52.4 Å². The number of hydrogen-bond acceptors (Lipinski definition) is 5. The molecular weight excluding hydrogens is 462 g/mol. The van der Waals surface area contributed by atoms with E-state index in [4.69, 9.17) is 11.5 Å². The monoisotopic (exact) mass is 509 g/mol. The molecule has 0 saturated carbocycles. The standard InChI is InChI=1S/C30H47N5O2/c31-19-7-23-34(29(36)17-15-27-11-3-1-4-12-27)25-9-21-33-22-10-26-35(24-8-20-32)30(37)18-16-28-13-5-2-6-14-28/h1-6,11-14,33H,7-10,15-26,31-32H2. The van der Waals surface area contributed by atoms with Crippen LogP contribution in [0.4, 0.5) is 0 Å². The number of nitrogens with two attached hydrogens (primary N) is 2. The average Bonchev–Trinajstić information content (AvgIpc) is 2.94. The molecule has 2 aromatic rings. The molecule has 0 aliphatic rings. The zero-order chi connectivity index (χ0) is 26.6. The molecule has 37 heavy (non-hydrogen) atoms. The van der Waals surface area contributed by atoms with Crippen LogP contribution in [0.25, 0.3) is 0 Å². The van der Waals surface area contributed by atoms with E-state index in [1.54, 1.807) is 0 Å². The maximum absolute atomic E-state index is 12.8. The number of nitrogens with zero attached hydrogens (tertiary/aromatic N) is 2. The van der Waals surface area contributed by atoms with Gasteiger partial charge < -0.3 is 26.6 Å². The van der Waals surface area contributed by atoms with Gasteiger partial charge in [-0.3, -0.25) is 9.59 Å². The lowest BCUT2D eigenvalue weighted by Gasteiger charge is -2.24. The molecule has 0 aliphatic carbocycles. The molecule has 2 rings (SSSR count). The Kier molecular flexibility index (Phi) is 16.0. The van der Waals surface area contributed by atoms with Crippen LogP contribution in [0.1, 0.15) is 49.7 Å². The third kappa shape index (κ3) is 13.4. The highest BCUT2D eigenvalue weighted by atomic mass is 16.2. The largest absolute Gasteiger partial charge is 0.343 e. The summed E-state index contributed by atoms with van der Waals surface area (Å²) in [4.78, 5) is 29.5. The molecule has 0 heterocycles. The number of carbonyl (C=O) groups is 2. The van der Waals surface area contributed by atoms with Crippen LogP contribution in [0.3, 0.4) is 0 Å². The lowest BCUT2D eigenvalue weighted by atomic mass is 10.1. The highest BCUT2D eigenvalue weighted by molar-refractivity contribution is 5.76. The van der Waals surface area contributed by atoms with Gasteiger partial charge in [-0.2, -0.15) is 0 Å². The second kappa shape index (κ2) is 19.4. The van der Waals surface area contributed by atoms with Crippen molar-refractivity contribution in [3.05, 3.63) is 71.8 Å². The third-order valence-corrected chi connectivity index (χ3v) is 6.47. The van der Waals surface area contributed by atoms with Crippen molar-refractivity contribution in [2.45, 2.75) is 51.4 Å². The molecule has 7 heteroatoms. The number of carbonyl (C=O) groups excluding carboxylic acids is 2. The fourth-order valence-electron chi connectivity index (χ4n) is 4.31. The van der Waals surface area contributed by atoms with Gasteiger partial charge in [-0.1, -0.05) is 60.7 Å². The van der Waals surface area contributed by atoms with Crippen molar-refractivity contribution in [1.82, 2.24) is 15.1 Å². The maximum atomic E-state index is 12.8. The van der Waals surface area contributed by atoms with Gasteiger partial charge in [0, 0.05) is 39.0 Å². The molecule has 2 aromatic carbocycles. The van der Waals surface area contributed by atoms with Crippen molar-refractivity contribution in [3.63, 3.8) is 0 Å². The van der Waals surface area contributed by atoms with E-state index >= 15 is 0 Å². The Bertz CT molecular complexity index is 791. The van der Waals surface area contributed by atoms with Crippen LogP contribution in [0.5, 0.6) is 0 Å². The van der Waals surface area contributed by atoms with Crippen molar-refractivity contribution >= 4 is 11.8 Å². The van der Waals surface area contributed by atoms with E-state index in [9.17, 15) is 9.59 Å². The zero-order valence-electron chi connectivity index (χ0n) is 22.5. The number of aryl methyl sites for hydroxylation is 2. The zero-order valence-corrected chi connectivity index (χ0v) is 22.5. The molecule has 0 radical (unpaired) electrons. The van der Waals surface area contributed by atoms with E-state index in [1.807, 2.05) is 46.2 Å². The van der Waals surface area contributed by atoms with Gasteiger partial charge in [-0.25, -0.2) is 0 Å². The Morgan fingerprint density at radius 2 is 0.973 bits per heavy atom. The highest BCUT2D eigenvalue weighted by Crippen LogP contribution is 2.07. The number of rotatable bonds is 20. The van der Waals surface area contributed by atoms with Crippen LogP contribution >= 0.6 is 0 Å². The first-order chi connectivity index (χ1) is 18.1. The van der Waals surface area contributed by atoms with Gasteiger partial charge in [0.05, 0.1) is 0 Å². The Balaban J connectivity index is 1.65. The molecule has 0 aromatic heterocycles. The molecule has 0 atom stereocenters. The van der Waals surface area contributed by atoms with Crippen molar-refractivity contribution in [2.24, 2.45) is 11.5 Å². The van der Waals surface area contributed by atoms with Gasteiger partial charge in [0.15, 0.2) is 0 Å². The van der Waals surface area contributed by atoms with Gasteiger partial charge >= 0.3 is 0 Å². The summed E-state index contributed by atoms with van der Waals surface area (Å²) in [6, 6.07) is 20.3. The maximum Gasteiger partial charge on any atom is 0.222 e. The molecule has 2 amide bonds. The molecule has 0 unspecified atom stereocenters. The normalized spacial score (nSPS) is 10.9. The van der Waals surface area contributed by atoms with E-state index in [-0.39, 0.29) is 11.8 Å². The number of amides is 2. The third-order valence-electron chi connectivity index (χ3n) is 6.47. The first-order valence-electron chi connectivity index (χ1n) is 13.9. The summed E-state index contributed by atoms with van der Waals surface area (Å²) in [6.45, 7) is 5.77. The average molecular weight is 510 g/mol. The van der Waals surface area contributed by atoms with Crippen molar-refractivity contribution in [1.29, 1.82) is 0 Å². The first-order valence-corrected chi connectivity index (χ1v) is 13.9. The highest BCUT2D eigenvalue weighted by Gasteiger charge is 2.14. The fraction of sp³-hybridized carbons (Fsp3) is 0.533. The quantitative estimate of drug-likeness (QED) is 0.238. The summed E-state index contributed by atoms with van der Waals surface area (Å²) in [7, 11) is 0. The number of nitrogens with one attached hydrogen (secondary N) is 1. The van der Waals surface area contributed by atoms with Crippen molar-refractivity contribution < 1.29 is 9.59 Å². The lowest BCUT2D eigenvalue weighted by molar-refractivity contribution is -0.132. The molecular formula is C30H47N5O2. The second-order valence-corrected chi connectivity index (χ2v) is 9.47. The van der Waals surface area contributed by atoms with E-state index in [0.29, 0.717) is 39.0 Å². The summed E-state index contributed by atoms with van der Waals surface area (Å²) in [5.74, 6) is 0.392. The van der Waals surface area contributed by atoms with E-state index < -0.39 is 0 Å². The summed E-state index contributed by atoms with van der Waals surface area (Å²) < 4.78 is 0. The van der Waals surface area contributed by atoms with Crippen LogP contribution in [0.2, 0.25) is 0 Å². The summed E-state index contributed by atoms with van der Waals surface area (Å²) in [6.07, 6.45) is 6.02. The van der Waals surface area contributed by atoms with Gasteiger partial charge in [-0.05, 0) is 75.8 Å². The molecule has 0 bridgehead atoms. The molecule has 0 saturated heterocycles. The SMILES string of the molecule is NCCCN(CCCNCCCN(CCCN)C(=O)CCc1ccccc1)C(=O)CCc1ccccc1. The fourth-order valence-corrected chi connectivity index (χ4v) is 4.31. The van der Waals surface area contributed by atoms with Gasteiger partial charge in [-0.15, -0.1) is 0 Å². The smallest absolute Gasteiger partial charge is 0.222 e. The van der Waals surface area contributed by atoms with Crippen LogP contribution in [-0.2, 0) is 22.4 Å². The van der Waals surface area contributed by atoms with Gasteiger partial charge in [0.25, 0.3) is 0 Å². The summed E-state index contributed by atoms with van der Waals surface area (Å²) in [5.41, 5.74) is 13.8. The summed E-state index contributed by atoms with van der Waals surface area (Å²) >= 11 is 0. The van der Waals surface area contributed by atoms with Gasteiger partial charge in [0.2, 0.25) is 11.8 Å². The number of hydrogen-bond donors (Lipinski definition) is 3. The lowest BCUT2D eigenvalue weighted by Crippen LogP contribution is -2.36. The molecule has 0 aliphatic heterocycles. The molecule has 0 fully saturated rings. The molecule has 0 spiro atoms. The van der Waals surface area contributed by atoms with Crippen molar-refractivity contribution in [3.8, 4) is 0 Å².